The maximum Gasteiger partial charge on any atom is 0.308 e. The molecule has 1 aliphatic rings. The fourth-order valence-corrected chi connectivity index (χ4v) is 5.15. The Labute approximate surface area is 238 Å². The number of carboxylic acid groups (broad SMARTS) is 1. The SMILES string of the molecule is Cn1cc(-c2cccc(C(=O)Nc3nc(CCCCC(=O)N4CCC[C@H](C(=O)O)C4)cn3-c3ccccc3)c2)cn1. The van der Waals surface area contributed by atoms with Crippen LogP contribution in [0, 0.1) is 5.92 Å². The topological polar surface area (TPSA) is 122 Å². The Morgan fingerprint density at radius 1 is 1.02 bits per heavy atom. The molecular weight excluding hydrogens is 520 g/mol. The number of carbonyl (C=O) groups is 3. The van der Waals surface area contributed by atoms with Crippen molar-refractivity contribution in [1.29, 1.82) is 0 Å². The number of hydrogen-bond acceptors (Lipinski definition) is 5. The summed E-state index contributed by atoms with van der Waals surface area (Å²) in [6.07, 6.45) is 9.37. The van der Waals surface area contributed by atoms with Crippen molar-refractivity contribution < 1.29 is 19.5 Å². The van der Waals surface area contributed by atoms with Gasteiger partial charge in [0.1, 0.15) is 0 Å². The van der Waals surface area contributed by atoms with Gasteiger partial charge in [0.15, 0.2) is 0 Å². The molecule has 2 aromatic heterocycles. The number of aliphatic carboxylic acids is 1. The van der Waals surface area contributed by atoms with Crippen LogP contribution in [0.4, 0.5) is 5.95 Å². The molecule has 10 nitrogen and oxygen atoms in total. The van der Waals surface area contributed by atoms with Crippen LogP contribution in [0.3, 0.4) is 0 Å². The smallest absolute Gasteiger partial charge is 0.308 e. The molecule has 1 fully saturated rings. The molecule has 2 aromatic carbocycles. The fraction of sp³-hybridized carbons (Fsp3) is 0.323. The number of likely N-dealkylation sites (tertiary alicyclic amines) is 1. The van der Waals surface area contributed by atoms with Gasteiger partial charge in [0.25, 0.3) is 5.91 Å². The van der Waals surface area contributed by atoms with Crippen molar-refractivity contribution in [1.82, 2.24) is 24.2 Å². The van der Waals surface area contributed by atoms with Crippen molar-refractivity contribution in [2.24, 2.45) is 13.0 Å². The highest BCUT2D eigenvalue weighted by atomic mass is 16.4. The normalized spacial score (nSPS) is 15.0. The van der Waals surface area contributed by atoms with Crippen molar-refractivity contribution in [2.75, 3.05) is 18.4 Å². The monoisotopic (exact) mass is 554 g/mol. The molecule has 0 spiro atoms. The van der Waals surface area contributed by atoms with E-state index in [1.54, 1.807) is 21.8 Å². The third-order valence-corrected chi connectivity index (χ3v) is 7.38. The molecule has 4 aromatic rings. The number of nitrogens with zero attached hydrogens (tertiary/aromatic N) is 5. The van der Waals surface area contributed by atoms with E-state index in [2.05, 4.69) is 10.4 Å². The van der Waals surface area contributed by atoms with Gasteiger partial charge in [-0.15, -0.1) is 0 Å². The van der Waals surface area contributed by atoms with Crippen molar-refractivity contribution in [3.63, 3.8) is 0 Å². The Balaban J connectivity index is 1.24. The number of para-hydroxylation sites is 1. The standard InChI is InChI=1S/C31H34N6O4/c1-35-19-25(18-32-35)22-9-7-10-23(17-22)29(39)34-31-33-26(21-37(31)27-13-3-2-4-14-27)12-5-6-15-28(38)36-16-8-11-24(20-36)30(40)41/h2-4,7,9-10,13-14,17-19,21,24H,5-6,8,11-12,15-16,20H2,1H3,(H,40,41)(H,33,34,39)/t24-/m0/s1. The molecule has 41 heavy (non-hydrogen) atoms. The molecule has 0 aliphatic carbocycles. The number of unbranched alkanes of at least 4 members (excludes halogenated alkanes) is 1. The lowest BCUT2D eigenvalue weighted by molar-refractivity contribution is -0.145. The Morgan fingerprint density at radius 3 is 2.61 bits per heavy atom. The van der Waals surface area contributed by atoms with E-state index in [1.165, 1.54) is 0 Å². The van der Waals surface area contributed by atoms with Crippen LogP contribution in [-0.4, -0.2) is 60.2 Å². The van der Waals surface area contributed by atoms with Gasteiger partial charge < -0.3 is 10.0 Å². The van der Waals surface area contributed by atoms with Crippen LogP contribution < -0.4 is 5.32 Å². The lowest BCUT2D eigenvalue weighted by atomic mass is 9.98. The molecule has 1 saturated heterocycles. The third-order valence-electron chi connectivity index (χ3n) is 7.38. The molecule has 2 N–H and O–H groups in total. The van der Waals surface area contributed by atoms with E-state index < -0.39 is 11.9 Å². The summed E-state index contributed by atoms with van der Waals surface area (Å²) in [6.45, 7) is 0.919. The predicted octanol–water partition coefficient (Wildman–Crippen LogP) is 4.56. The van der Waals surface area contributed by atoms with Crippen LogP contribution >= 0.6 is 0 Å². The maximum atomic E-state index is 13.3. The van der Waals surface area contributed by atoms with Gasteiger partial charge in [-0.25, -0.2) is 4.98 Å². The fourth-order valence-electron chi connectivity index (χ4n) is 5.15. The Hall–Kier alpha value is -4.73. The minimum absolute atomic E-state index is 0.00670. The van der Waals surface area contributed by atoms with Gasteiger partial charge in [0.2, 0.25) is 11.9 Å². The zero-order valence-corrected chi connectivity index (χ0v) is 23.1. The number of aryl methyl sites for hydroxylation is 2. The van der Waals surface area contributed by atoms with E-state index in [0.29, 0.717) is 50.3 Å². The molecule has 1 aliphatic heterocycles. The first-order valence-corrected chi connectivity index (χ1v) is 13.9. The first-order valence-electron chi connectivity index (χ1n) is 13.9. The highest BCUT2D eigenvalue weighted by Gasteiger charge is 2.27. The van der Waals surface area contributed by atoms with Crippen LogP contribution in [0.5, 0.6) is 0 Å². The third kappa shape index (κ3) is 6.89. The van der Waals surface area contributed by atoms with Crippen LogP contribution in [-0.2, 0) is 23.1 Å². The van der Waals surface area contributed by atoms with Gasteiger partial charge in [0, 0.05) is 55.8 Å². The summed E-state index contributed by atoms with van der Waals surface area (Å²) in [7, 11) is 1.85. The molecule has 10 heteroatoms. The number of carboxylic acids is 1. The molecule has 5 rings (SSSR count). The molecule has 1 atom stereocenters. The summed E-state index contributed by atoms with van der Waals surface area (Å²) in [5.74, 6) is -1.14. The molecule has 3 heterocycles. The average molecular weight is 555 g/mol. The van der Waals surface area contributed by atoms with Crippen molar-refractivity contribution >= 4 is 23.7 Å². The second-order valence-electron chi connectivity index (χ2n) is 10.4. The minimum atomic E-state index is -0.833. The summed E-state index contributed by atoms with van der Waals surface area (Å²) in [5, 5.41) is 16.5. The van der Waals surface area contributed by atoms with Crippen molar-refractivity contribution in [3.05, 3.63) is 84.4 Å². The average Bonchev–Trinajstić information content (AvgIpc) is 3.61. The van der Waals surface area contributed by atoms with E-state index >= 15 is 0 Å². The van der Waals surface area contributed by atoms with Crippen LogP contribution in [0.1, 0.15) is 48.2 Å². The maximum absolute atomic E-state index is 13.3. The van der Waals surface area contributed by atoms with E-state index in [1.807, 2.05) is 72.5 Å². The predicted molar refractivity (Wildman–Crippen MR) is 155 cm³/mol. The molecule has 0 unspecified atom stereocenters. The number of imidazole rings is 1. The number of amides is 2. The lowest BCUT2D eigenvalue weighted by Gasteiger charge is -2.30. The van der Waals surface area contributed by atoms with Gasteiger partial charge in [0.05, 0.1) is 17.8 Å². The van der Waals surface area contributed by atoms with Gasteiger partial charge in [-0.3, -0.25) is 28.9 Å². The molecule has 212 valence electrons. The second-order valence-corrected chi connectivity index (χ2v) is 10.4. The van der Waals surface area contributed by atoms with E-state index in [9.17, 15) is 19.5 Å². The van der Waals surface area contributed by atoms with Crippen molar-refractivity contribution in [3.8, 4) is 16.8 Å². The summed E-state index contributed by atoms with van der Waals surface area (Å²) >= 11 is 0. The van der Waals surface area contributed by atoms with Crippen molar-refractivity contribution in [2.45, 2.75) is 38.5 Å². The van der Waals surface area contributed by atoms with Gasteiger partial charge in [-0.1, -0.05) is 30.3 Å². The van der Waals surface area contributed by atoms with E-state index in [-0.39, 0.29) is 11.8 Å². The summed E-state index contributed by atoms with van der Waals surface area (Å²) < 4.78 is 3.59. The van der Waals surface area contributed by atoms with Crippen LogP contribution in [0.25, 0.3) is 16.8 Å². The Morgan fingerprint density at radius 2 is 1.85 bits per heavy atom. The second kappa shape index (κ2) is 12.6. The lowest BCUT2D eigenvalue weighted by Crippen LogP contribution is -2.42. The van der Waals surface area contributed by atoms with E-state index in [0.717, 1.165) is 35.3 Å². The number of carbonyl (C=O) groups excluding carboxylic acids is 2. The van der Waals surface area contributed by atoms with E-state index in [4.69, 9.17) is 4.98 Å². The zero-order valence-electron chi connectivity index (χ0n) is 23.1. The number of piperidine rings is 1. The van der Waals surface area contributed by atoms with Gasteiger partial charge in [-0.2, -0.15) is 5.10 Å². The highest BCUT2D eigenvalue weighted by Crippen LogP contribution is 2.23. The zero-order chi connectivity index (χ0) is 28.8. The first kappa shape index (κ1) is 27.8. The molecule has 0 radical (unpaired) electrons. The number of rotatable bonds is 10. The quantitative estimate of drug-likeness (QED) is 0.277. The largest absolute Gasteiger partial charge is 0.481 e. The van der Waals surface area contributed by atoms with Crippen LogP contribution in [0.15, 0.2) is 73.2 Å². The minimum Gasteiger partial charge on any atom is -0.481 e. The van der Waals surface area contributed by atoms with Crippen LogP contribution in [0.2, 0.25) is 0 Å². The molecular formula is C31H34N6O4. The number of anilines is 1. The summed E-state index contributed by atoms with van der Waals surface area (Å²) in [6, 6.07) is 17.1. The molecule has 2 amide bonds. The number of benzene rings is 2. The van der Waals surface area contributed by atoms with Gasteiger partial charge in [-0.05, 0) is 61.9 Å². The molecule has 0 bridgehead atoms. The summed E-state index contributed by atoms with van der Waals surface area (Å²) in [5.41, 5.74) is 4.02. The Kier molecular flexibility index (Phi) is 8.57. The van der Waals surface area contributed by atoms with Gasteiger partial charge >= 0.3 is 5.97 Å². The number of hydrogen-bond donors (Lipinski definition) is 2. The summed E-state index contributed by atoms with van der Waals surface area (Å²) in [4.78, 5) is 43.7. The first-order chi connectivity index (χ1) is 19.9. The number of nitrogens with one attached hydrogen (secondary N) is 1. The number of aromatic nitrogens is 4. The highest BCUT2D eigenvalue weighted by molar-refractivity contribution is 6.04. The molecule has 0 saturated carbocycles. The Bertz CT molecular complexity index is 1530.